The van der Waals surface area contributed by atoms with Crippen LogP contribution in [0.3, 0.4) is 0 Å². The summed E-state index contributed by atoms with van der Waals surface area (Å²) in [5, 5.41) is 0. The molecule has 0 spiro atoms. The Balaban J connectivity index is 2.44. The van der Waals surface area contributed by atoms with Gasteiger partial charge in [-0.1, -0.05) is 6.07 Å². The molecule has 1 aliphatic heterocycles. The van der Waals surface area contributed by atoms with Gasteiger partial charge in [0.1, 0.15) is 6.04 Å². The first-order valence-electron chi connectivity index (χ1n) is 7.95. The van der Waals surface area contributed by atoms with Gasteiger partial charge in [-0.15, -0.1) is 0 Å². The maximum atomic E-state index is 13.1. The van der Waals surface area contributed by atoms with Gasteiger partial charge >= 0.3 is 12.1 Å². The molecule has 25 heavy (non-hydrogen) atoms. The minimum Gasteiger partial charge on any atom is -0.465 e. The van der Waals surface area contributed by atoms with Gasteiger partial charge in [0.15, 0.2) is 0 Å². The second kappa shape index (κ2) is 7.33. The highest BCUT2D eigenvalue weighted by Gasteiger charge is 2.40. The fourth-order valence-corrected chi connectivity index (χ4v) is 4.54. The van der Waals surface area contributed by atoms with Crippen LogP contribution < -0.4 is 0 Å². The van der Waals surface area contributed by atoms with Gasteiger partial charge in [-0.3, -0.25) is 4.79 Å². The van der Waals surface area contributed by atoms with E-state index in [0.29, 0.717) is 18.9 Å². The van der Waals surface area contributed by atoms with E-state index < -0.39 is 38.7 Å². The first kappa shape index (κ1) is 19.7. The van der Waals surface area contributed by atoms with Gasteiger partial charge in [0.2, 0.25) is 10.0 Å². The number of sulfonamides is 1. The molecule has 5 nitrogen and oxygen atoms in total. The monoisotopic (exact) mass is 379 g/mol. The van der Waals surface area contributed by atoms with Gasteiger partial charge in [0.25, 0.3) is 0 Å². The predicted octanol–water partition coefficient (Wildman–Crippen LogP) is 3.12. The van der Waals surface area contributed by atoms with Crippen LogP contribution in [-0.4, -0.2) is 37.9 Å². The fourth-order valence-electron chi connectivity index (χ4n) is 2.87. The number of halogens is 3. The molecule has 1 atom stereocenters. The van der Waals surface area contributed by atoms with Crippen LogP contribution in [-0.2, 0) is 25.7 Å². The molecule has 0 bridgehead atoms. The Labute approximate surface area is 144 Å². The molecule has 0 aliphatic carbocycles. The molecule has 0 amide bonds. The summed E-state index contributed by atoms with van der Waals surface area (Å²) >= 11 is 0. The number of piperidine rings is 1. The molecule has 0 radical (unpaired) electrons. The van der Waals surface area contributed by atoms with Gasteiger partial charge in [-0.2, -0.15) is 17.5 Å². The third kappa shape index (κ3) is 4.14. The molecule has 2 rings (SSSR count). The number of hydrogen-bond donors (Lipinski definition) is 0. The number of aryl methyl sites for hydroxylation is 1. The molecule has 1 aromatic rings. The minimum absolute atomic E-state index is 0.0629. The molecular formula is C16H20F3NO4S. The van der Waals surface area contributed by atoms with Crippen molar-refractivity contribution in [3.8, 4) is 0 Å². The van der Waals surface area contributed by atoms with E-state index in [1.54, 1.807) is 6.92 Å². The van der Waals surface area contributed by atoms with E-state index in [1.165, 1.54) is 6.92 Å². The first-order chi connectivity index (χ1) is 11.6. The molecule has 1 saturated heterocycles. The number of esters is 1. The molecule has 1 aliphatic rings. The van der Waals surface area contributed by atoms with Crippen molar-refractivity contribution in [3.63, 3.8) is 0 Å². The summed E-state index contributed by atoms with van der Waals surface area (Å²) < 4.78 is 70.8. The number of hydrogen-bond acceptors (Lipinski definition) is 4. The third-order valence-electron chi connectivity index (χ3n) is 4.13. The summed E-state index contributed by atoms with van der Waals surface area (Å²) in [5.41, 5.74) is -1.06. The maximum absolute atomic E-state index is 13.1. The molecular weight excluding hydrogens is 359 g/mol. The molecule has 1 aromatic carbocycles. The number of nitrogens with zero attached hydrogens (tertiary/aromatic N) is 1. The Morgan fingerprint density at radius 3 is 2.60 bits per heavy atom. The van der Waals surface area contributed by atoms with Crippen molar-refractivity contribution in [1.29, 1.82) is 0 Å². The second-order valence-corrected chi connectivity index (χ2v) is 7.74. The molecule has 0 saturated carbocycles. The third-order valence-corrected chi connectivity index (χ3v) is 6.04. The summed E-state index contributed by atoms with van der Waals surface area (Å²) in [6, 6.07) is 1.88. The van der Waals surface area contributed by atoms with E-state index in [2.05, 4.69) is 0 Å². The topological polar surface area (TPSA) is 63.7 Å². The summed E-state index contributed by atoms with van der Waals surface area (Å²) in [6.07, 6.45) is -3.18. The number of rotatable bonds is 4. The zero-order valence-electron chi connectivity index (χ0n) is 14.0. The summed E-state index contributed by atoms with van der Waals surface area (Å²) in [4.78, 5) is 11.6. The number of alkyl halides is 3. The van der Waals surface area contributed by atoms with E-state index in [0.717, 1.165) is 16.4 Å². The highest BCUT2D eigenvalue weighted by molar-refractivity contribution is 7.89. The van der Waals surface area contributed by atoms with E-state index in [9.17, 15) is 26.4 Å². The Kier molecular flexibility index (Phi) is 5.78. The quantitative estimate of drug-likeness (QED) is 0.754. The minimum atomic E-state index is -4.65. The van der Waals surface area contributed by atoms with Crippen molar-refractivity contribution < 1.29 is 31.1 Å². The van der Waals surface area contributed by atoms with Crippen molar-refractivity contribution in [2.75, 3.05) is 13.2 Å². The van der Waals surface area contributed by atoms with Crippen LogP contribution in [0, 0.1) is 6.92 Å². The molecule has 1 fully saturated rings. The number of carbonyl (C=O) groups is 1. The lowest BCUT2D eigenvalue weighted by molar-refractivity contribution is -0.148. The fraction of sp³-hybridized carbons (Fsp3) is 0.562. The van der Waals surface area contributed by atoms with Crippen LogP contribution in [0.25, 0.3) is 0 Å². The van der Waals surface area contributed by atoms with Crippen molar-refractivity contribution >= 4 is 16.0 Å². The number of ether oxygens (including phenoxy) is 1. The lowest BCUT2D eigenvalue weighted by Crippen LogP contribution is -2.48. The highest BCUT2D eigenvalue weighted by atomic mass is 32.2. The lowest BCUT2D eigenvalue weighted by atomic mass is 10.1. The Bertz CT molecular complexity index is 746. The van der Waals surface area contributed by atoms with Crippen molar-refractivity contribution in [3.05, 3.63) is 29.3 Å². The summed E-state index contributed by atoms with van der Waals surface area (Å²) in [6.45, 7) is 3.05. The standard InChI is InChI=1S/C16H20F3NO4S/c1-3-24-15(21)14-6-4-5-9-20(14)25(22,23)12-8-7-11(2)13(10-12)16(17,18)19/h7-8,10,14H,3-6,9H2,1-2H3. The molecule has 0 N–H and O–H groups in total. The van der Waals surface area contributed by atoms with Crippen LogP contribution in [0.15, 0.2) is 23.1 Å². The zero-order chi connectivity index (χ0) is 18.8. The average Bonchev–Trinajstić information content (AvgIpc) is 2.54. The number of carbonyl (C=O) groups excluding carboxylic acids is 1. The smallest absolute Gasteiger partial charge is 0.416 e. The van der Waals surface area contributed by atoms with E-state index in [4.69, 9.17) is 4.74 Å². The Morgan fingerprint density at radius 2 is 2.00 bits per heavy atom. The second-order valence-electron chi connectivity index (χ2n) is 5.85. The van der Waals surface area contributed by atoms with Gasteiger partial charge < -0.3 is 4.74 Å². The molecule has 9 heteroatoms. The Morgan fingerprint density at radius 1 is 1.32 bits per heavy atom. The van der Waals surface area contributed by atoms with E-state index in [1.807, 2.05) is 0 Å². The SMILES string of the molecule is CCOC(=O)C1CCCCN1S(=O)(=O)c1ccc(C)c(C(F)(F)F)c1. The van der Waals surface area contributed by atoms with E-state index >= 15 is 0 Å². The summed E-state index contributed by atoms with van der Waals surface area (Å²) in [7, 11) is -4.24. The van der Waals surface area contributed by atoms with Crippen molar-refractivity contribution in [2.45, 2.75) is 50.2 Å². The molecule has 0 aromatic heterocycles. The van der Waals surface area contributed by atoms with E-state index in [-0.39, 0.29) is 25.1 Å². The van der Waals surface area contributed by atoms with Crippen LogP contribution in [0.4, 0.5) is 13.2 Å². The predicted molar refractivity (Wildman–Crippen MR) is 84.3 cm³/mol. The Hall–Kier alpha value is -1.61. The first-order valence-corrected chi connectivity index (χ1v) is 9.39. The maximum Gasteiger partial charge on any atom is 0.416 e. The number of benzene rings is 1. The van der Waals surface area contributed by atoms with Gasteiger partial charge in [0.05, 0.1) is 17.1 Å². The average molecular weight is 379 g/mol. The van der Waals surface area contributed by atoms with Gasteiger partial charge in [0, 0.05) is 6.54 Å². The lowest BCUT2D eigenvalue weighted by Gasteiger charge is -2.33. The van der Waals surface area contributed by atoms with Gasteiger partial charge in [-0.25, -0.2) is 8.42 Å². The zero-order valence-corrected chi connectivity index (χ0v) is 14.8. The highest BCUT2D eigenvalue weighted by Crippen LogP contribution is 2.34. The van der Waals surface area contributed by atoms with Crippen LogP contribution >= 0.6 is 0 Å². The molecule has 1 heterocycles. The summed E-state index contributed by atoms with van der Waals surface area (Å²) in [5.74, 6) is -0.672. The van der Waals surface area contributed by atoms with Crippen LogP contribution in [0.5, 0.6) is 0 Å². The van der Waals surface area contributed by atoms with Gasteiger partial charge in [-0.05, 0) is 50.8 Å². The van der Waals surface area contributed by atoms with Crippen LogP contribution in [0.2, 0.25) is 0 Å². The van der Waals surface area contributed by atoms with Crippen molar-refractivity contribution in [1.82, 2.24) is 4.31 Å². The largest absolute Gasteiger partial charge is 0.465 e. The normalized spacial score (nSPS) is 19.6. The molecule has 1 unspecified atom stereocenters. The van der Waals surface area contributed by atoms with Crippen molar-refractivity contribution in [2.24, 2.45) is 0 Å². The van der Waals surface area contributed by atoms with Crippen LogP contribution in [0.1, 0.15) is 37.3 Å². The molecule has 140 valence electrons.